The van der Waals surface area contributed by atoms with Crippen molar-refractivity contribution in [2.45, 2.75) is 19.8 Å². The lowest BCUT2D eigenvalue weighted by molar-refractivity contribution is 0.956. The van der Waals surface area contributed by atoms with E-state index in [1.54, 1.807) is 6.20 Å². The summed E-state index contributed by atoms with van der Waals surface area (Å²) < 4.78 is 1.08. The van der Waals surface area contributed by atoms with Gasteiger partial charge in [0.15, 0.2) is 5.82 Å². The summed E-state index contributed by atoms with van der Waals surface area (Å²) in [6.07, 6.45) is 3.29. The number of nitrogens with one attached hydrogen (secondary N) is 2. The topological polar surface area (TPSA) is 70.7 Å². The first-order chi connectivity index (χ1) is 13.6. The number of rotatable bonds is 5. The van der Waals surface area contributed by atoms with Crippen molar-refractivity contribution in [3.05, 3.63) is 92.4 Å². The van der Waals surface area contributed by atoms with E-state index in [4.69, 9.17) is 0 Å². The minimum absolute atomic E-state index is 0.112. The van der Waals surface area contributed by atoms with Gasteiger partial charge in [0.05, 0.1) is 5.69 Å². The van der Waals surface area contributed by atoms with Gasteiger partial charge in [0, 0.05) is 39.6 Å². The molecule has 0 unspecified atom stereocenters. The van der Waals surface area contributed by atoms with Crippen LogP contribution in [0.4, 0.5) is 11.5 Å². The monoisotopic (exact) mass is 434 g/mol. The molecule has 6 heteroatoms. The van der Waals surface area contributed by atoms with Gasteiger partial charge in [-0.2, -0.15) is 5.10 Å². The molecule has 2 heterocycles. The van der Waals surface area contributed by atoms with Crippen molar-refractivity contribution in [3.63, 3.8) is 0 Å². The lowest BCUT2D eigenvalue weighted by Crippen LogP contribution is -2.05. The molecule has 0 atom stereocenters. The molecule has 0 aliphatic rings. The van der Waals surface area contributed by atoms with Crippen molar-refractivity contribution in [2.75, 3.05) is 5.32 Å². The van der Waals surface area contributed by atoms with Gasteiger partial charge in [-0.15, -0.1) is 5.10 Å². The second kappa shape index (κ2) is 7.94. The molecule has 0 saturated heterocycles. The van der Waals surface area contributed by atoms with Gasteiger partial charge in [-0.3, -0.25) is 4.79 Å². The number of aromatic nitrogens is 3. The number of nitrogens with zero attached hydrogens (tertiary/aromatic N) is 2. The molecular weight excluding hydrogens is 416 g/mol. The maximum Gasteiger partial charge on any atom is 0.247 e. The molecule has 4 aromatic rings. The Morgan fingerprint density at radius 2 is 1.86 bits per heavy atom. The van der Waals surface area contributed by atoms with E-state index in [-0.39, 0.29) is 5.56 Å². The van der Waals surface area contributed by atoms with Crippen LogP contribution < -0.4 is 10.9 Å². The zero-order valence-corrected chi connectivity index (χ0v) is 17.0. The van der Waals surface area contributed by atoms with Crippen molar-refractivity contribution < 1.29 is 0 Å². The third-order valence-corrected chi connectivity index (χ3v) is 5.42. The molecule has 4 rings (SSSR count). The van der Waals surface area contributed by atoms with Crippen LogP contribution >= 0.6 is 15.9 Å². The van der Waals surface area contributed by atoms with Gasteiger partial charge in [-0.05, 0) is 29.7 Å². The third kappa shape index (κ3) is 3.82. The Labute approximate surface area is 171 Å². The van der Waals surface area contributed by atoms with Crippen LogP contribution in [0.25, 0.3) is 10.8 Å². The molecule has 28 heavy (non-hydrogen) atoms. The predicted molar refractivity (Wildman–Crippen MR) is 116 cm³/mol. The van der Waals surface area contributed by atoms with Gasteiger partial charge in [0.25, 0.3) is 0 Å². The van der Waals surface area contributed by atoms with E-state index in [0.717, 1.165) is 44.4 Å². The summed E-state index contributed by atoms with van der Waals surface area (Å²) in [5.74, 6) is 0.719. The number of aryl methyl sites for hydroxylation is 1. The molecule has 0 radical (unpaired) electrons. The van der Waals surface area contributed by atoms with Crippen molar-refractivity contribution in [3.8, 4) is 0 Å². The van der Waals surface area contributed by atoms with E-state index in [1.165, 1.54) is 11.6 Å². The van der Waals surface area contributed by atoms with Crippen LogP contribution in [0.3, 0.4) is 0 Å². The van der Waals surface area contributed by atoms with E-state index in [9.17, 15) is 4.79 Å². The van der Waals surface area contributed by atoms with E-state index >= 15 is 0 Å². The Morgan fingerprint density at radius 1 is 1.04 bits per heavy atom. The van der Waals surface area contributed by atoms with Crippen LogP contribution in [0.5, 0.6) is 0 Å². The summed E-state index contributed by atoms with van der Waals surface area (Å²) in [6, 6.07) is 17.6. The second-order valence-electron chi connectivity index (χ2n) is 6.56. The van der Waals surface area contributed by atoms with Gasteiger partial charge in [0.2, 0.25) is 5.56 Å². The van der Waals surface area contributed by atoms with Gasteiger partial charge in [-0.1, -0.05) is 59.3 Å². The Kier molecular flexibility index (Phi) is 5.21. The minimum atomic E-state index is -0.112. The van der Waals surface area contributed by atoms with Crippen LogP contribution in [0.15, 0.2) is 70.1 Å². The highest BCUT2D eigenvalue weighted by Gasteiger charge is 2.11. The van der Waals surface area contributed by atoms with Crippen molar-refractivity contribution >= 4 is 38.2 Å². The van der Waals surface area contributed by atoms with E-state index in [0.29, 0.717) is 6.42 Å². The normalized spacial score (nSPS) is 10.9. The molecule has 0 spiro atoms. The Balaban J connectivity index is 1.70. The average molecular weight is 435 g/mol. The standard InChI is InChI=1S/C22H19BrN4O/c1-2-15-8-9-16(12-19(15)23)25-22-18-6-4-3-5-17(18)20(26-27-22)11-14-7-10-21(28)24-13-14/h3-10,12-13H,2,11H2,1H3,(H,24,28)(H,25,27). The fraction of sp³-hybridized carbons (Fsp3) is 0.136. The second-order valence-corrected chi connectivity index (χ2v) is 7.42. The van der Waals surface area contributed by atoms with E-state index in [2.05, 4.69) is 55.5 Å². The first-order valence-electron chi connectivity index (χ1n) is 9.11. The lowest BCUT2D eigenvalue weighted by atomic mass is 10.1. The number of pyridine rings is 1. The molecule has 0 aliphatic heterocycles. The fourth-order valence-electron chi connectivity index (χ4n) is 3.18. The largest absolute Gasteiger partial charge is 0.338 e. The van der Waals surface area contributed by atoms with Crippen LogP contribution in [-0.4, -0.2) is 15.2 Å². The van der Waals surface area contributed by atoms with Gasteiger partial charge >= 0.3 is 0 Å². The molecule has 2 aromatic heterocycles. The molecule has 0 aliphatic carbocycles. The van der Waals surface area contributed by atoms with E-state index < -0.39 is 0 Å². The maximum atomic E-state index is 11.3. The van der Waals surface area contributed by atoms with Gasteiger partial charge < -0.3 is 10.3 Å². The number of halogens is 1. The number of anilines is 2. The molecule has 0 fully saturated rings. The van der Waals surface area contributed by atoms with Crippen molar-refractivity contribution in [1.29, 1.82) is 0 Å². The summed E-state index contributed by atoms with van der Waals surface area (Å²) in [5, 5.41) is 14.3. The van der Waals surface area contributed by atoms with Crippen molar-refractivity contribution in [2.24, 2.45) is 0 Å². The quantitative estimate of drug-likeness (QED) is 0.464. The molecule has 2 N–H and O–H groups in total. The minimum Gasteiger partial charge on any atom is -0.338 e. The lowest BCUT2D eigenvalue weighted by Gasteiger charge is -2.12. The highest BCUT2D eigenvalue weighted by atomic mass is 79.9. The average Bonchev–Trinajstić information content (AvgIpc) is 2.71. The number of benzene rings is 2. The maximum absolute atomic E-state index is 11.3. The fourth-order valence-corrected chi connectivity index (χ4v) is 3.84. The molecule has 0 saturated carbocycles. The smallest absolute Gasteiger partial charge is 0.247 e. The first-order valence-corrected chi connectivity index (χ1v) is 9.90. The molecule has 0 amide bonds. The Morgan fingerprint density at radius 3 is 2.57 bits per heavy atom. The summed E-state index contributed by atoms with van der Waals surface area (Å²) in [6.45, 7) is 2.13. The summed E-state index contributed by atoms with van der Waals surface area (Å²) >= 11 is 3.62. The number of fused-ring (bicyclic) bond motifs is 1. The number of H-pyrrole nitrogens is 1. The summed E-state index contributed by atoms with van der Waals surface area (Å²) in [4.78, 5) is 14.0. The number of hydrogen-bond donors (Lipinski definition) is 2. The molecule has 0 bridgehead atoms. The van der Waals surface area contributed by atoms with Crippen LogP contribution in [0, 0.1) is 0 Å². The molecule has 5 nitrogen and oxygen atoms in total. The zero-order chi connectivity index (χ0) is 19.5. The molecular formula is C22H19BrN4O. The summed E-state index contributed by atoms with van der Waals surface area (Å²) in [7, 11) is 0. The highest BCUT2D eigenvalue weighted by Crippen LogP contribution is 2.29. The molecule has 140 valence electrons. The number of aromatic amines is 1. The summed E-state index contributed by atoms with van der Waals surface area (Å²) in [5.41, 5.74) is 3.96. The van der Waals surface area contributed by atoms with Crippen molar-refractivity contribution in [1.82, 2.24) is 15.2 Å². The van der Waals surface area contributed by atoms with E-state index in [1.807, 2.05) is 36.4 Å². The van der Waals surface area contributed by atoms with Gasteiger partial charge in [-0.25, -0.2) is 0 Å². The number of hydrogen-bond acceptors (Lipinski definition) is 4. The molecule has 2 aromatic carbocycles. The first kappa shape index (κ1) is 18.4. The third-order valence-electron chi connectivity index (χ3n) is 4.68. The Hall–Kier alpha value is -2.99. The van der Waals surface area contributed by atoms with Gasteiger partial charge in [0.1, 0.15) is 0 Å². The zero-order valence-electron chi connectivity index (χ0n) is 15.4. The van der Waals surface area contributed by atoms with Crippen LogP contribution in [0.2, 0.25) is 0 Å². The van der Waals surface area contributed by atoms with Crippen LogP contribution in [0.1, 0.15) is 23.7 Å². The Bertz CT molecular complexity index is 1180. The highest BCUT2D eigenvalue weighted by molar-refractivity contribution is 9.10. The predicted octanol–water partition coefficient (Wildman–Crippen LogP) is 4.98. The SMILES string of the molecule is CCc1ccc(Nc2nnc(Cc3ccc(=O)[nH]c3)c3ccccc23)cc1Br. The van der Waals surface area contributed by atoms with Crippen LogP contribution in [-0.2, 0) is 12.8 Å².